The summed E-state index contributed by atoms with van der Waals surface area (Å²) in [5.41, 5.74) is 1.27. The van der Waals surface area contributed by atoms with Crippen molar-refractivity contribution in [2.75, 3.05) is 25.5 Å². The second kappa shape index (κ2) is 6.43. The fourth-order valence-electron chi connectivity index (χ4n) is 2.41. The molecular weight excluding hydrogens is 280 g/mol. The van der Waals surface area contributed by atoms with Crippen LogP contribution in [0.5, 0.6) is 5.75 Å². The Labute approximate surface area is 129 Å². The molecule has 2 aromatic rings. The normalized spacial score (nSPS) is 14.0. The summed E-state index contributed by atoms with van der Waals surface area (Å²) in [6, 6.07) is 7.51. The largest absolute Gasteiger partial charge is 0.497 e. The van der Waals surface area contributed by atoms with Crippen molar-refractivity contribution < 1.29 is 9.53 Å². The quantitative estimate of drug-likeness (QED) is 0.939. The average molecular weight is 298 g/mol. The summed E-state index contributed by atoms with van der Waals surface area (Å²) in [6.45, 7) is 1.62. The number of carbonyl (C=O) groups excluding carboxylic acids is 1. The number of carbonyl (C=O) groups is 1. The molecule has 6 heteroatoms. The van der Waals surface area contributed by atoms with Crippen LogP contribution in [0.25, 0.3) is 0 Å². The van der Waals surface area contributed by atoms with E-state index in [0.717, 1.165) is 37.4 Å². The number of likely N-dealkylation sites (tertiary alicyclic amines) is 1. The standard InChI is InChI=1S/C16H18N4O2/c1-22-13-6-4-12(5-7-13)19-15-11-17-14(10-18-15)16(21)20-8-2-3-9-20/h4-7,10-11H,2-3,8-9H2,1H3,(H,18,19). The van der Waals surface area contributed by atoms with Crippen molar-refractivity contribution in [3.8, 4) is 5.75 Å². The first-order valence-electron chi connectivity index (χ1n) is 7.28. The highest BCUT2D eigenvalue weighted by atomic mass is 16.5. The molecule has 1 aliphatic heterocycles. The van der Waals surface area contributed by atoms with Crippen LogP contribution in [0.4, 0.5) is 11.5 Å². The minimum atomic E-state index is -0.0407. The molecule has 0 unspecified atom stereocenters. The summed E-state index contributed by atoms with van der Waals surface area (Å²) in [4.78, 5) is 22.5. The minimum Gasteiger partial charge on any atom is -0.497 e. The summed E-state index contributed by atoms with van der Waals surface area (Å²) in [6.07, 6.45) is 5.23. The van der Waals surface area contributed by atoms with E-state index in [4.69, 9.17) is 4.74 Å². The Morgan fingerprint density at radius 1 is 1.14 bits per heavy atom. The minimum absolute atomic E-state index is 0.0407. The average Bonchev–Trinajstić information content (AvgIpc) is 3.10. The summed E-state index contributed by atoms with van der Waals surface area (Å²) < 4.78 is 5.11. The zero-order chi connectivity index (χ0) is 15.4. The number of aromatic nitrogens is 2. The number of rotatable bonds is 4. The third-order valence-electron chi connectivity index (χ3n) is 3.63. The molecule has 1 aliphatic rings. The number of methoxy groups -OCH3 is 1. The lowest BCUT2D eigenvalue weighted by atomic mass is 10.3. The van der Waals surface area contributed by atoms with Gasteiger partial charge in [0.15, 0.2) is 0 Å². The number of nitrogens with one attached hydrogen (secondary N) is 1. The van der Waals surface area contributed by atoms with Crippen molar-refractivity contribution in [1.82, 2.24) is 14.9 Å². The first-order chi connectivity index (χ1) is 10.8. The molecule has 6 nitrogen and oxygen atoms in total. The van der Waals surface area contributed by atoms with Gasteiger partial charge in [-0.25, -0.2) is 9.97 Å². The van der Waals surface area contributed by atoms with Crippen molar-refractivity contribution in [3.63, 3.8) is 0 Å². The van der Waals surface area contributed by atoms with Gasteiger partial charge in [0.2, 0.25) is 0 Å². The maximum atomic E-state index is 12.2. The lowest BCUT2D eigenvalue weighted by Gasteiger charge is -2.14. The topological polar surface area (TPSA) is 67.3 Å². The molecule has 0 saturated carbocycles. The number of hydrogen-bond acceptors (Lipinski definition) is 5. The molecule has 0 aliphatic carbocycles. The summed E-state index contributed by atoms with van der Waals surface area (Å²) >= 11 is 0. The van der Waals surface area contributed by atoms with E-state index in [1.807, 2.05) is 29.2 Å². The number of amides is 1. The Morgan fingerprint density at radius 2 is 1.86 bits per heavy atom. The molecule has 0 bridgehead atoms. The number of nitrogens with zero attached hydrogens (tertiary/aromatic N) is 3. The number of benzene rings is 1. The van der Waals surface area contributed by atoms with Crippen molar-refractivity contribution in [1.29, 1.82) is 0 Å². The van der Waals surface area contributed by atoms with Crippen molar-refractivity contribution in [2.45, 2.75) is 12.8 Å². The third-order valence-corrected chi connectivity index (χ3v) is 3.63. The second-order valence-corrected chi connectivity index (χ2v) is 5.14. The van der Waals surface area contributed by atoms with E-state index >= 15 is 0 Å². The maximum Gasteiger partial charge on any atom is 0.274 e. The molecule has 1 amide bonds. The molecule has 1 aromatic heterocycles. The summed E-state index contributed by atoms with van der Waals surface area (Å²) in [7, 11) is 1.63. The second-order valence-electron chi connectivity index (χ2n) is 5.14. The lowest BCUT2D eigenvalue weighted by Crippen LogP contribution is -2.28. The maximum absolute atomic E-state index is 12.2. The fraction of sp³-hybridized carbons (Fsp3) is 0.312. The Bertz CT molecular complexity index is 634. The van der Waals surface area contributed by atoms with Crippen molar-refractivity contribution >= 4 is 17.4 Å². The van der Waals surface area contributed by atoms with Gasteiger partial charge in [0, 0.05) is 18.8 Å². The number of hydrogen-bond donors (Lipinski definition) is 1. The van der Waals surface area contributed by atoms with E-state index < -0.39 is 0 Å². The van der Waals surface area contributed by atoms with E-state index in [-0.39, 0.29) is 5.91 Å². The highest BCUT2D eigenvalue weighted by molar-refractivity contribution is 5.92. The molecule has 0 spiro atoms. The van der Waals surface area contributed by atoms with Crippen LogP contribution < -0.4 is 10.1 Å². The van der Waals surface area contributed by atoms with Gasteiger partial charge in [-0.15, -0.1) is 0 Å². The van der Waals surface area contributed by atoms with Gasteiger partial charge in [0.1, 0.15) is 17.3 Å². The van der Waals surface area contributed by atoms with Crippen LogP contribution in [0.15, 0.2) is 36.7 Å². The monoisotopic (exact) mass is 298 g/mol. The molecule has 22 heavy (non-hydrogen) atoms. The van der Waals surface area contributed by atoms with Gasteiger partial charge >= 0.3 is 0 Å². The van der Waals surface area contributed by atoms with Crippen LogP contribution in [0.1, 0.15) is 23.3 Å². The fourth-order valence-corrected chi connectivity index (χ4v) is 2.41. The highest BCUT2D eigenvalue weighted by Gasteiger charge is 2.20. The molecule has 0 radical (unpaired) electrons. The Hall–Kier alpha value is -2.63. The molecule has 114 valence electrons. The van der Waals surface area contributed by atoms with Gasteiger partial charge in [-0.2, -0.15) is 0 Å². The smallest absolute Gasteiger partial charge is 0.274 e. The first-order valence-corrected chi connectivity index (χ1v) is 7.28. The van der Waals surface area contributed by atoms with Crippen molar-refractivity contribution in [3.05, 3.63) is 42.4 Å². The predicted molar refractivity (Wildman–Crippen MR) is 83.4 cm³/mol. The van der Waals surface area contributed by atoms with Crippen LogP contribution in [0.2, 0.25) is 0 Å². The van der Waals surface area contributed by atoms with Gasteiger partial charge in [0.05, 0.1) is 19.5 Å². The number of anilines is 2. The van der Waals surface area contributed by atoms with Gasteiger partial charge in [-0.3, -0.25) is 4.79 Å². The zero-order valence-corrected chi connectivity index (χ0v) is 12.5. The number of ether oxygens (including phenoxy) is 1. The van der Waals surface area contributed by atoms with Crippen LogP contribution in [-0.4, -0.2) is 41.0 Å². The van der Waals surface area contributed by atoms with Crippen LogP contribution in [-0.2, 0) is 0 Å². The van der Waals surface area contributed by atoms with Crippen LogP contribution in [0.3, 0.4) is 0 Å². The first kappa shape index (κ1) is 14.3. The predicted octanol–water partition coefficient (Wildman–Crippen LogP) is 2.46. The molecular formula is C16H18N4O2. The Morgan fingerprint density at radius 3 is 2.45 bits per heavy atom. The Balaban J connectivity index is 1.66. The summed E-state index contributed by atoms with van der Waals surface area (Å²) in [5.74, 6) is 1.35. The molecule has 0 atom stereocenters. The Kier molecular flexibility index (Phi) is 4.18. The third kappa shape index (κ3) is 3.16. The molecule has 1 aromatic carbocycles. The van der Waals surface area contributed by atoms with E-state index in [2.05, 4.69) is 15.3 Å². The summed E-state index contributed by atoms with van der Waals surface area (Å²) in [5, 5.41) is 3.14. The lowest BCUT2D eigenvalue weighted by molar-refractivity contribution is 0.0786. The van der Waals surface area contributed by atoms with Crippen LogP contribution in [0, 0.1) is 0 Å². The molecule has 2 heterocycles. The van der Waals surface area contributed by atoms with Crippen molar-refractivity contribution in [2.24, 2.45) is 0 Å². The van der Waals surface area contributed by atoms with E-state index in [1.54, 1.807) is 13.3 Å². The van der Waals surface area contributed by atoms with Gasteiger partial charge < -0.3 is 15.0 Å². The zero-order valence-electron chi connectivity index (χ0n) is 12.5. The molecule has 1 N–H and O–H groups in total. The SMILES string of the molecule is COc1ccc(Nc2cnc(C(=O)N3CCCC3)cn2)cc1. The van der Waals surface area contributed by atoms with Gasteiger partial charge in [0.25, 0.3) is 5.91 Å². The van der Waals surface area contributed by atoms with E-state index in [9.17, 15) is 4.79 Å². The van der Waals surface area contributed by atoms with E-state index in [1.165, 1.54) is 6.20 Å². The van der Waals surface area contributed by atoms with E-state index in [0.29, 0.717) is 11.5 Å². The molecule has 3 rings (SSSR count). The van der Waals surface area contributed by atoms with Gasteiger partial charge in [-0.05, 0) is 37.1 Å². The van der Waals surface area contributed by atoms with Gasteiger partial charge in [-0.1, -0.05) is 0 Å². The molecule has 1 fully saturated rings. The van der Waals surface area contributed by atoms with Crippen LogP contribution >= 0.6 is 0 Å². The molecule has 1 saturated heterocycles. The highest BCUT2D eigenvalue weighted by Crippen LogP contribution is 2.18.